The molecule has 0 aromatic carbocycles. The quantitative estimate of drug-likeness (QED) is 0.672. The van der Waals surface area contributed by atoms with Crippen molar-refractivity contribution in [1.29, 1.82) is 0 Å². The van der Waals surface area contributed by atoms with Crippen LogP contribution >= 0.6 is 0 Å². The van der Waals surface area contributed by atoms with Crippen LogP contribution in [0.4, 0.5) is 0 Å². The van der Waals surface area contributed by atoms with E-state index in [0.717, 1.165) is 32.8 Å². The number of likely N-dealkylation sites (N-methyl/N-ethyl adjacent to an activating group) is 1. The maximum Gasteiger partial charge on any atom is 0.0635 e. The van der Waals surface area contributed by atoms with E-state index in [4.69, 9.17) is 10.5 Å². The Bertz CT molecular complexity index is 163. The summed E-state index contributed by atoms with van der Waals surface area (Å²) in [4.78, 5) is 4.67. The van der Waals surface area contributed by atoms with Crippen LogP contribution in [0.15, 0.2) is 0 Å². The molecule has 84 valence electrons. The normalized spacial score (nSPS) is 26.8. The van der Waals surface area contributed by atoms with Gasteiger partial charge in [0, 0.05) is 31.7 Å². The van der Waals surface area contributed by atoms with Crippen LogP contribution in [0.1, 0.15) is 6.92 Å². The highest BCUT2D eigenvalue weighted by molar-refractivity contribution is 4.81. The maximum atomic E-state index is 5.70. The van der Waals surface area contributed by atoms with Crippen molar-refractivity contribution < 1.29 is 4.74 Å². The van der Waals surface area contributed by atoms with Crippen molar-refractivity contribution in [2.24, 2.45) is 5.73 Å². The Morgan fingerprint density at radius 1 is 1.57 bits per heavy atom. The van der Waals surface area contributed by atoms with Crippen LogP contribution in [-0.4, -0.2) is 68.8 Å². The summed E-state index contributed by atoms with van der Waals surface area (Å²) in [7, 11) is 4.19. The fourth-order valence-corrected chi connectivity index (χ4v) is 1.96. The molecule has 0 radical (unpaired) electrons. The van der Waals surface area contributed by atoms with Gasteiger partial charge in [-0.25, -0.2) is 0 Å². The SMILES string of the molecule is CC(CN)N1CCOCC1CN(C)C. The van der Waals surface area contributed by atoms with Gasteiger partial charge in [0.2, 0.25) is 0 Å². The molecule has 1 heterocycles. The first-order valence-corrected chi connectivity index (χ1v) is 5.33. The molecule has 1 aliphatic heterocycles. The fraction of sp³-hybridized carbons (Fsp3) is 1.00. The molecule has 0 aromatic rings. The van der Waals surface area contributed by atoms with Crippen LogP contribution in [0.5, 0.6) is 0 Å². The Hall–Kier alpha value is -0.160. The van der Waals surface area contributed by atoms with Crippen LogP contribution in [0.3, 0.4) is 0 Å². The minimum Gasteiger partial charge on any atom is -0.378 e. The van der Waals surface area contributed by atoms with Gasteiger partial charge in [-0.05, 0) is 21.0 Å². The molecule has 2 N–H and O–H groups in total. The molecule has 14 heavy (non-hydrogen) atoms. The van der Waals surface area contributed by atoms with E-state index in [2.05, 4.69) is 30.8 Å². The summed E-state index contributed by atoms with van der Waals surface area (Å²) in [6, 6.07) is 0.959. The highest BCUT2D eigenvalue weighted by Gasteiger charge is 2.26. The predicted molar refractivity (Wildman–Crippen MR) is 58.4 cm³/mol. The molecule has 4 heteroatoms. The van der Waals surface area contributed by atoms with E-state index in [-0.39, 0.29) is 0 Å². The number of morpholine rings is 1. The van der Waals surface area contributed by atoms with Gasteiger partial charge >= 0.3 is 0 Å². The molecule has 2 atom stereocenters. The minimum atomic E-state index is 0.462. The Labute approximate surface area is 87.0 Å². The second-order valence-corrected chi connectivity index (χ2v) is 4.31. The lowest BCUT2D eigenvalue weighted by atomic mass is 10.1. The minimum absolute atomic E-state index is 0.462. The summed E-state index contributed by atoms with van der Waals surface area (Å²) < 4.78 is 5.50. The van der Waals surface area contributed by atoms with Gasteiger partial charge in [0.1, 0.15) is 0 Å². The zero-order chi connectivity index (χ0) is 10.6. The molecule has 1 aliphatic rings. The Morgan fingerprint density at radius 2 is 2.29 bits per heavy atom. The van der Waals surface area contributed by atoms with E-state index in [1.165, 1.54) is 0 Å². The average Bonchev–Trinajstić information content (AvgIpc) is 2.16. The molecule has 0 aliphatic carbocycles. The fourth-order valence-electron chi connectivity index (χ4n) is 1.96. The molecule has 1 saturated heterocycles. The van der Waals surface area contributed by atoms with Crippen molar-refractivity contribution in [3.8, 4) is 0 Å². The summed E-state index contributed by atoms with van der Waals surface area (Å²) in [5.41, 5.74) is 5.70. The summed E-state index contributed by atoms with van der Waals surface area (Å²) in [5, 5.41) is 0. The largest absolute Gasteiger partial charge is 0.378 e. The monoisotopic (exact) mass is 201 g/mol. The van der Waals surface area contributed by atoms with Gasteiger partial charge < -0.3 is 15.4 Å². The average molecular weight is 201 g/mol. The van der Waals surface area contributed by atoms with Gasteiger partial charge in [0.15, 0.2) is 0 Å². The van der Waals surface area contributed by atoms with E-state index in [9.17, 15) is 0 Å². The number of hydrogen-bond acceptors (Lipinski definition) is 4. The highest BCUT2D eigenvalue weighted by atomic mass is 16.5. The molecule has 2 unspecified atom stereocenters. The van der Waals surface area contributed by atoms with E-state index < -0.39 is 0 Å². The maximum absolute atomic E-state index is 5.70. The molecule has 1 rings (SSSR count). The number of nitrogens with zero attached hydrogens (tertiary/aromatic N) is 2. The van der Waals surface area contributed by atoms with Crippen molar-refractivity contribution in [3.05, 3.63) is 0 Å². The topological polar surface area (TPSA) is 41.7 Å². The number of hydrogen-bond donors (Lipinski definition) is 1. The molecule has 0 amide bonds. The Balaban J connectivity index is 2.49. The van der Waals surface area contributed by atoms with Crippen LogP contribution in [-0.2, 0) is 4.74 Å². The van der Waals surface area contributed by atoms with E-state index in [1.54, 1.807) is 0 Å². The third-order valence-electron chi connectivity index (χ3n) is 2.76. The first-order chi connectivity index (χ1) is 6.65. The number of nitrogens with two attached hydrogens (primary N) is 1. The van der Waals surface area contributed by atoms with Crippen molar-refractivity contribution >= 4 is 0 Å². The second-order valence-electron chi connectivity index (χ2n) is 4.31. The van der Waals surface area contributed by atoms with Crippen LogP contribution in [0.25, 0.3) is 0 Å². The summed E-state index contributed by atoms with van der Waals surface area (Å²) in [5.74, 6) is 0. The van der Waals surface area contributed by atoms with Crippen molar-refractivity contribution in [3.63, 3.8) is 0 Å². The highest BCUT2D eigenvalue weighted by Crippen LogP contribution is 2.11. The number of rotatable bonds is 4. The van der Waals surface area contributed by atoms with Crippen molar-refractivity contribution in [2.45, 2.75) is 19.0 Å². The predicted octanol–water partition coefficient (Wildman–Crippen LogP) is -0.404. The smallest absolute Gasteiger partial charge is 0.0635 e. The zero-order valence-corrected chi connectivity index (χ0v) is 9.57. The molecular weight excluding hydrogens is 178 g/mol. The van der Waals surface area contributed by atoms with Gasteiger partial charge in [0.05, 0.1) is 13.2 Å². The third kappa shape index (κ3) is 3.20. The van der Waals surface area contributed by atoms with Gasteiger partial charge in [-0.15, -0.1) is 0 Å². The molecule has 0 saturated carbocycles. The van der Waals surface area contributed by atoms with Crippen molar-refractivity contribution in [2.75, 3.05) is 46.9 Å². The zero-order valence-electron chi connectivity index (χ0n) is 9.57. The second kappa shape index (κ2) is 5.66. The van der Waals surface area contributed by atoms with E-state index in [1.807, 2.05) is 0 Å². The third-order valence-corrected chi connectivity index (χ3v) is 2.76. The van der Waals surface area contributed by atoms with Gasteiger partial charge in [-0.1, -0.05) is 0 Å². The van der Waals surface area contributed by atoms with Gasteiger partial charge in [0.25, 0.3) is 0 Å². The lowest BCUT2D eigenvalue weighted by Crippen LogP contribution is -2.55. The first-order valence-electron chi connectivity index (χ1n) is 5.33. The molecule has 0 spiro atoms. The number of ether oxygens (including phenoxy) is 1. The standard InChI is InChI=1S/C10H23N3O/c1-9(6-11)13-4-5-14-8-10(13)7-12(2)3/h9-10H,4-8,11H2,1-3H3. The molecule has 0 bridgehead atoms. The van der Waals surface area contributed by atoms with E-state index in [0.29, 0.717) is 12.1 Å². The van der Waals surface area contributed by atoms with Crippen molar-refractivity contribution in [1.82, 2.24) is 9.80 Å². The van der Waals surface area contributed by atoms with E-state index >= 15 is 0 Å². The van der Waals surface area contributed by atoms with Gasteiger partial charge in [-0.2, -0.15) is 0 Å². The van der Waals surface area contributed by atoms with Crippen LogP contribution < -0.4 is 5.73 Å². The van der Waals surface area contributed by atoms with Crippen LogP contribution in [0, 0.1) is 0 Å². The summed E-state index contributed by atoms with van der Waals surface area (Å²) >= 11 is 0. The van der Waals surface area contributed by atoms with Crippen LogP contribution in [0.2, 0.25) is 0 Å². The Kier molecular flexibility index (Phi) is 4.81. The lowest BCUT2D eigenvalue weighted by molar-refractivity contribution is -0.0311. The summed E-state index contributed by atoms with van der Waals surface area (Å²) in [6.07, 6.45) is 0. The molecule has 4 nitrogen and oxygen atoms in total. The molecule has 0 aromatic heterocycles. The summed E-state index contributed by atoms with van der Waals surface area (Å²) in [6.45, 7) is 6.65. The molecule has 1 fully saturated rings. The lowest BCUT2D eigenvalue weighted by Gasteiger charge is -2.40. The van der Waals surface area contributed by atoms with Gasteiger partial charge in [-0.3, -0.25) is 4.90 Å². The Morgan fingerprint density at radius 3 is 2.86 bits per heavy atom. The molecular formula is C10H23N3O. The first kappa shape index (κ1) is 11.9.